The first kappa shape index (κ1) is 12.6. The average molecular weight is 242 g/mol. The lowest BCUT2D eigenvalue weighted by Gasteiger charge is -2.33. The Kier molecular flexibility index (Phi) is 3.38. The van der Waals surface area contributed by atoms with Crippen molar-refractivity contribution < 1.29 is 4.79 Å². The molecule has 0 spiro atoms. The number of carbonyl (C=O) groups excluding carboxylic acids is 1. The van der Waals surface area contributed by atoms with Crippen LogP contribution < -0.4 is 5.32 Å². The number of amides is 1. The van der Waals surface area contributed by atoms with E-state index >= 15 is 0 Å². The summed E-state index contributed by atoms with van der Waals surface area (Å²) in [5.41, 5.74) is 2.75. The van der Waals surface area contributed by atoms with Crippen molar-refractivity contribution in [2.75, 3.05) is 0 Å². The van der Waals surface area contributed by atoms with Crippen LogP contribution in [0.3, 0.4) is 0 Å². The molecule has 1 fully saturated rings. The zero-order chi connectivity index (χ0) is 13.2. The van der Waals surface area contributed by atoms with E-state index in [4.69, 9.17) is 5.26 Å². The van der Waals surface area contributed by atoms with Crippen LogP contribution >= 0.6 is 0 Å². The average Bonchev–Trinajstić information content (AvgIpc) is 2.27. The maximum absolute atomic E-state index is 12.0. The topological polar surface area (TPSA) is 52.9 Å². The molecular weight excluding hydrogens is 224 g/mol. The van der Waals surface area contributed by atoms with Crippen molar-refractivity contribution in [2.24, 2.45) is 5.41 Å². The molecule has 1 saturated carbocycles. The maximum Gasteiger partial charge on any atom is 0.240 e. The van der Waals surface area contributed by atoms with Gasteiger partial charge in [-0.05, 0) is 44.2 Å². The Labute approximate surface area is 108 Å². The number of hydrogen-bond acceptors (Lipinski definition) is 2. The van der Waals surface area contributed by atoms with Crippen LogP contribution in [0.2, 0.25) is 0 Å². The minimum absolute atomic E-state index is 0.115. The van der Waals surface area contributed by atoms with Gasteiger partial charge in [0.2, 0.25) is 5.91 Å². The van der Waals surface area contributed by atoms with Gasteiger partial charge < -0.3 is 5.32 Å². The van der Waals surface area contributed by atoms with Crippen LogP contribution in [0, 0.1) is 30.6 Å². The van der Waals surface area contributed by atoms with Crippen LogP contribution in [0.5, 0.6) is 0 Å². The van der Waals surface area contributed by atoms with E-state index in [0.29, 0.717) is 19.4 Å². The van der Waals surface area contributed by atoms with Crippen LogP contribution in [0.15, 0.2) is 18.2 Å². The van der Waals surface area contributed by atoms with Gasteiger partial charge in [0.1, 0.15) is 5.41 Å². The molecule has 0 unspecified atom stereocenters. The first-order chi connectivity index (χ1) is 8.57. The molecule has 3 heteroatoms. The molecule has 3 nitrogen and oxygen atoms in total. The third kappa shape index (κ3) is 2.24. The predicted molar refractivity (Wildman–Crippen MR) is 69.7 cm³/mol. The van der Waals surface area contributed by atoms with Crippen molar-refractivity contribution in [1.29, 1.82) is 5.26 Å². The number of rotatable bonds is 3. The number of carbonyl (C=O) groups is 1. The van der Waals surface area contributed by atoms with Crippen molar-refractivity contribution in [3.63, 3.8) is 0 Å². The number of nitrogens with zero attached hydrogens (tertiary/aromatic N) is 1. The molecule has 18 heavy (non-hydrogen) atoms. The quantitative estimate of drug-likeness (QED) is 0.885. The summed E-state index contributed by atoms with van der Waals surface area (Å²) in [6.07, 6.45) is 2.37. The fourth-order valence-electron chi connectivity index (χ4n) is 2.31. The summed E-state index contributed by atoms with van der Waals surface area (Å²) in [5, 5.41) is 12.0. The molecule has 0 aliphatic heterocycles. The lowest BCUT2D eigenvalue weighted by molar-refractivity contribution is -0.131. The number of nitrogens with one attached hydrogen (secondary N) is 1. The molecular formula is C15H18N2O. The fraction of sp³-hybridized carbons (Fsp3) is 0.467. The Morgan fingerprint density at radius 3 is 2.67 bits per heavy atom. The second kappa shape index (κ2) is 4.81. The van der Waals surface area contributed by atoms with E-state index in [1.807, 2.05) is 26.0 Å². The van der Waals surface area contributed by atoms with Crippen LogP contribution in [0.25, 0.3) is 0 Å². The fourth-order valence-corrected chi connectivity index (χ4v) is 2.31. The van der Waals surface area contributed by atoms with E-state index in [2.05, 4.69) is 17.5 Å². The Balaban J connectivity index is 2.00. The summed E-state index contributed by atoms with van der Waals surface area (Å²) in [4.78, 5) is 12.0. The molecule has 0 atom stereocenters. The zero-order valence-corrected chi connectivity index (χ0v) is 10.9. The second-order valence-electron chi connectivity index (χ2n) is 5.16. The van der Waals surface area contributed by atoms with Crippen LogP contribution in [0.4, 0.5) is 0 Å². The standard InChI is InChI=1S/C15H18N2O/c1-11-4-5-13(12(2)8-11)9-17-14(18)15(10-16)6-3-7-15/h4-5,8H,3,6-7,9H2,1-2H3,(H,17,18). The summed E-state index contributed by atoms with van der Waals surface area (Å²) in [7, 11) is 0. The minimum atomic E-state index is -0.751. The molecule has 94 valence electrons. The largest absolute Gasteiger partial charge is 0.351 e. The normalized spacial score (nSPS) is 16.5. The Morgan fingerprint density at radius 2 is 2.17 bits per heavy atom. The molecule has 1 aliphatic carbocycles. The van der Waals surface area contributed by atoms with Crippen molar-refractivity contribution >= 4 is 5.91 Å². The highest BCUT2D eigenvalue weighted by molar-refractivity contribution is 5.86. The van der Waals surface area contributed by atoms with Crippen molar-refractivity contribution in [3.8, 4) is 6.07 Å². The minimum Gasteiger partial charge on any atom is -0.351 e. The molecule has 0 heterocycles. The molecule has 1 aliphatic rings. The predicted octanol–water partition coefficient (Wildman–Crippen LogP) is 2.61. The lowest BCUT2D eigenvalue weighted by atomic mass is 9.69. The number of aryl methyl sites for hydroxylation is 2. The number of nitriles is 1. The molecule has 0 radical (unpaired) electrons. The summed E-state index contributed by atoms with van der Waals surface area (Å²) < 4.78 is 0. The Morgan fingerprint density at radius 1 is 1.44 bits per heavy atom. The smallest absolute Gasteiger partial charge is 0.240 e. The van der Waals surface area contributed by atoms with Gasteiger partial charge in [0.05, 0.1) is 6.07 Å². The summed E-state index contributed by atoms with van der Waals surface area (Å²) >= 11 is 0. The molecule has 0 aromatic heterocycles. The maximum atomic E-state index is 12.0. The van der Waals surface area contributed by atoms with E-state index in [-0.39, 0.29) is 5.91 Å². The summed E-state index contributed by atoms with van der Waals surface area (Å²) in [6, 6.07) is 8.34. The molecule has 1 aromatic rings. The van der Waals surface area contributed by atoms with E-state index in [1.54, 1.807) is 0 Å². The van der Waals surface area contributed by atoms with Gasteiger partial charge in [0.15, 0.2) is 0 Å². The molecule has 1 N–H and O–H groups in total. The Hall–Kier alpha value is -1.82. The van der Waals surface area contributed by atoms with Gasteiger partial charge in [-0.1, -0.05) is 23.8 Å². The Bertz CT molecular complexity index is 510. The van der Waals surface area contributed by atoms with Gasteiger partial charge in [-0.2, -0.15) is 5.26 Å². The van der Waals surface area contributed by atoms with E-state index in [9.17, 15) is 4.79 Å². The van der Waals surface area contributed by atoms with Gasteiger partial charge in [0.25, 0.3) is 0 Å². The van der Waals surface area contributed by atoms with Crippen molar-refractivity contribution in [3.05, 3.63) is 34.9 Å². The summed E-state index contributed by atoms with van der Waals surface area (Å²) in [5.74, 6) is -0.115. The highest BCUT2D eigenvalue weighted by Crippen LogP contribution is 2.40. The molecule has 1 amide bonds. The van der Waals surface area contributed by atoms with Crippen LogP contribution in [-0.4, -0.2) is 5.91 Å². The monoisotopic (exact) mass is 242 g/mol. The van der Waals surface area contributed by atoms with Crippen molar-refractivity contribution in [1.82, 2.24) is 5.32 Å². The van der Waals surface area contributed by atoms with Gasteiger partial charge >= 0.3 is 0 Å². The molecule has 2 rings (SSSR count). The SMILES string of the molecule is Cc1ccc(CNC(=O)C2(C#N)CCC2)c(C)c1. The molecule has 1 aromatic carbocycles. The number of hydrogen-bond donors (Lipinski definition) is 1. The van der Waals surface area contributed by atoms with E-state index < -0.39 is 5.41 Å². The highest BCUT2D eigenvalue weighted by Gasteiger charge is 2.44. The first-order valence-electron chi connectivity index (χ1n) is 6.33. The van der Waals surface area contributed by atoms with Gasteiger partial charge in [-0.15, -0.1) is 0 Å². The summed E-state index contributed by atoms with van der Waals surface area (Å²) in [6.45, 7) is 4.60. The highest BCUT2D eigenvalue weighted by atomic mass is 16.2. The second-order valence-corrected chi connectivity index (χ2v) is 5.16. The third-order valence-electron chi connectivity index (χ3n) is 3.79. The van der Waals surface area contributed by atoms with E-state index in [0.717, 1.165) is 12.0 Å². The van der Waals surface area contributed by atoms with Crippen molar-refractivity contribution in [2.45, 2.75) is 39.7 Å². The number of benzene rings is 1. The van der Waals surface area contributed by atoms with Crippen LogP contribution in [0.1, 0.15) is 36.0 Å². The third-order valence-corrected chi connectivity index (χ3v) is 3.79. The van der Waals surface area contributed by atoms with E-state index in [1.165, 1.54) is 11.1 Å². The zero-order valence-electron chi connectivity index (χ0n) is 10.9. The van der Waals surface area contributed by atoms with Gasteiger partial charge in [-0.25, -0.2) is 0 Å². The van der Waals surface area contributed by atoms with Crippen LogP contribution in [-0.2, 0) is 11.3 Å². The molecule has 0 bridgehead atoms. The molecule has 0 saturated heterocycles. The first-order valence-corrected chi connectivity index (χ1v) is 6.33. The lowest BCUT2D eigenvalue weighted by Crippen LogP contribution is -2.44. The van der Waals surface area contributed by atoms with Gasteiger partial charge in [0, 0.05) is 6.54 Å². The van der Waals surface area contributed by atoms with Gasteiger partial charge in [-0.3, -0.25) is 4.79 Å².